The van der Waals surface area contributed by atoms with Crippen LogP contribution in [0, 0.1) is 0 Å². The van der Waals surface area contributed by atoms with E-state index in [0.717, 1.165) is 10.0 Å². The van der Waals surface area contributed by atoms with Gasteiger partial charge in [0, 0.05) is 15.4 Å². The van der Waals surface area contributed by atoms with Crippen LogP contribution < -0.4 is 4.72 Å². The van der Waals surface area contributed by atoms with Crippen LogP contribution in [0.3, 0.4) is 0 Å². The summed E-state index contributed by atoms with van der Waals surface area (Å²) in [5.74, 6) is 0. The van der Waals surface area contributed by atoms with E-state index in [2.05, 4.69) is 20.7 Å². The Morgan fingerprint density at radius 1 is 1.40 bits per heavy atom. The van der Waals surface area contributed by atoms with Crippen molar-refractivity contribution in [2.24, 2.45) is 0 Å². The van der Waals surface area contributed by atoms with E-state index in [1.165, 1.54) is 17.4 Å². The molecule has 2 aromatic rings. The van der Waals surface area contributed by atoms with Gasteiger partial charge in [-0.25, -0.2) is 13.1 Å². The minimum absolute atomic E-state index is 0.145. The van der Waals surface area contributed by atoms with Crippen LogP contribution in [0.15, 0.2) is 45.1 Å². The minimum Gasteiger partial charge on any atom is -0.391 e. The Hall–Kier alpha value is -0.730. The minimum atomic E-state index is -3.63. The highest BCUT2D eigenvalue weighted by Gasteiger charge is 2.22. The van der Waals surface area contributed by atoms with Gasteiger partial charge in [-0.05, 0) is 36.1 Å². The summed E-state index contributed by atoms with van der Waals surface area (Å²) >= 11 is 4.59. The van der Waals surface area contributed by atoms with Gasteiger partial charge in [0.2, 0.25) is 10.0 Å². The fourth-order valence-corrected chi connectivity index (χ4v) is 4.77. The molecule has 2 N–H and O–H groups in total. The largest absolute Gasteiger partial charge is 0.391 e. The topological polar surface area (TPSA) is 66.4 Å². The molecule has 7 heteroatoms. The zero-order valence-corrected chi connectivity index (χ0v) is 13.9. The van der Waals surface area contributed by atoms with Crippen molar-refractivity contribution in [3.63, 3.8) is 0 Å². The Kier molecular flexibility index (Phi) is 4.98. The molecule has 1 aromatic carbocycles. The van der Waals surface area contributed by atoms with Gasteiger partial charge in [-0.3, -0.25) is 0 Å². The highest BCUT2D eigenvalue weighted by Crippen LogP contribution is 2.24. The smallest absolute Gasteiger partial charge is 0.242 e. The third-order valence-electron chi connectivity index (χ3n) is 2.82. The molecular weight excluding hydrogens is 362 g/mol. The van der Waals surface area contributed by atoms with E-state index in [1.54, 1.807) is 12.3 Å². The average molecular weight is 376 g/mol. The van der Waals surface area contributed by atoms with Gasteiger partial charge in [-0.15, -0.1) is 11.3 Å². The number of hydrogen-bond acceptors (Lipinski definition) is 4. The maximum atomic E-state index is 12.3. The summed E-state index contributed by atoms with van der Waals surface area (Å²) < 4.78 is 28.1. The first-order valence-electron chi connectivity index (χ1n) is 5.89. The Morgan fingerprint density at radius 3 is 2.80 bits per heavy atom. The molecule has 0 aliphatic heterocycles. The standard InChI is InChI=1S/C13H14BrNO3S2/c1-9(10-3-2-4-11(14)7-10)15-20(17,18)13-5-6-19-12(13)8-16/h2-7,9,15-16H,8H2,1H3. The number of halogens is 1. The Balaban J connectivity index is 2.24. The highest BCUT2D eigenvalue weighted by atomic mass is 79.9. The molecule has 0 bridgehead atoms. The normalized spacial score (nSPS) is 13.3. The lowest BCUT2D eigenvalue weighted by molar-refractivity contribution is 0.282. The summed E-state index contributed by atoms with van der Waals surface area (Å²) in [4.78, 5) is 0.589. The first-order valence-corrected chi connectivity index (χ1v) is 9.04. The number of hydrogen-bond donors (Lipinski definition) is 2. The fraction of sp³-hybridized carbons (Fsp3) is 0.231. The number of rotatable bonds is 5. The summed E-state index contributed by atoms with van der Waals surface area (Å²) in [5.41, 5.74) is 0.865. The van der Waals surface area contributed by atoms with Crippen molar-refractivity contribution >= 4 is 37.3 Å². The summed E-state index contributed by atoms with van der Waals surface area (Å²) in [5, 5.41) is 10.8. The maximum absolute atomic E-state index is 12.3. The van der Waals surface area contributed by atoms with Crippen LogP contribution in [0.1, 0.15) is 23.4 Å². The molecule has 0 spiro atoms. The molecule has 1 heterocycles. The monoisotopic (exact) mass is 375 g/mol. The third-order valence-corrected chi connectivity index (χ3v) is 5.97. The predicted octanol–water partition coefficient (Wildman–Crippen LogP) is 3.04. The molecule has 108 valence electrons. The van der Waals surface area contributed by atoms with E-state index >= 15 is 0 Å². The van der Waals surface area contributed by atoms with Crippen molar-refractivity contribution in [1.82, 2.24) is 4.72 Å². The first kappa shape index (κ1) is 15.7. The van der Waals surface area contributed by atoms with Crippen LogP contribution in [0.25, 0.3) is 0 Å². The molecule has 0 aliphatic carbocycles. The van der Waals surface area contributed by atoms with Crippen molar-refractivity contribution in [2.45, 2.75) is 24.5 Å². The fourth-order valence-electron chi connectivity index (χ4n) is 1.82. The second-order valence-electron chi connectivity index (χ2n) is 4.26. The van der Waals surface area contributed by atoms with E-state index in [-0.39, 0.29) is 17.5 Å². The predicted molar refractivity (Wildman–Crippen MR) is 83.1 cm³/mol. The molecule has 2 rings (SSSR count). The molecule has 0 radical (unpaired) electrons. The van der Waals surface area contributed by atoms with Gasteiger partial charge in [-0.1, -0.05) is 28.1 Å². The van der Waals surface area contributed by atoms with Crippen LogP contribution in [-0.2, 0) is 16.6 Å². The molecule has 0 saturated carbocycles. The number of benzene rings is 1. The second-order valence-corrected chi connectivity index (χ2v) is 7.86. The Bertz CT molecular complexity index is 697. The first-order chi connectivity index (χ1) is 9.44. The summed E-state index contributed by atoms with van der Waals surface area (Å²) in [6, 6.07) is 8.61. The van der Waals surface area contributed by atoms with E-state index in [0.29, 0.717) is 4.88 Å². The lowest BCUT2D eigenvalue weighted by Gasteiger charge is -2.15. The van der Waals surface area contributed by atoms with E-state index in [4.69, 9.17) is 0 Å². The van der Waals surface area contributed by atoms with E-state index < -0.39 is 10.0 Å². The van der Waals surface area contributed by atoms with Crippen LogP contribution in [0.4, 0.5) is 0 Å². The number of aliphatic hydroxyl groups is 1. The van der Waals surface area contributed by atoms with Gasteiger partial charge in [0.05, 0.1) is 11.5 Å². The van der Waals surface area contributed by atoms with Gasteiger partial charge in [0.25, 0.3) is 0 Å². The Morgan fingerprint density at radius 2 is 2.15 bits per heavy atom. The average Bonchev–Trinajstić information content (AvgIpc) is 2.87. The summed E-state index contributed by atoms with van der Waals surface area (Å²) in [6.45, 7) is 1.50. The zero-order valence-electron chi connectivity index (χ0n) is 10.7. The molecule has 0 fully saturated rings. The van der Waals surface area contributed by atoms with Gasteiger partial charge in [0.1, 0.15) is 0 Å². The molecule has 0 amide bonds. The zero-order chi connectivity index (χ0) is 14.8. The maximum Gasteiger partial charge on any atom is 0.242 e. The quantitative estimate of drug-likeness (QED) is 0.843. The molecule has 1 atom stereocenters. The van der Waals surface area contributed by atoms with Crippen molar-refractivity contribution in [2.75, 3.05) is 0 Å². The molecule has 1 unspecified atom stereocenters. The van der Waals surface area contributed by atoms with Gasteiger partial charge >= 0.3 is 0 Å². The number of thiophene rings is 1. The number of sulfonamides is 1. The van der Waals surface area contributed by atoms with Crippen molar-refractivity contribution in [1.29, 1.82) is 0 Å². The van der Waals surface area contributed by atoms with Crippen LogP contribution >= 0.6 is 27.3 Å². The Labute approximate surface area is 130 Å². The number of aliphatic hydroxyl groups excluding tert-OH is 1. The van der Waals surface area contributed by atoms with E-state index in [1.807, 2.05) is 24.3 Å². The summed E-state index contributed by atoms with van der Waals surface area (Å²) in [6.07, 6.45) is 0. The SMILES string of the molecule is CC(NS(=O)(=O)c1ccsc1CO)c1cccc(Br)c1. The van der Waals surface area contributed by atoms with Gasteiger partial charge in [-0.2, -0.15) is 0 Å². The lowest BCUT2D eigenvalue weighted by Crippen LogP contribution is -2.27. The molecule has 0 aliphatic rings. The molecule has 20 heavy (non-hydrogen) atoms. The summed E-state index contributed by atoms with van der Waals surface area (Å²) in [7, 11) is -3.63. The third kappa shape index (κ3) is 3.48. The van der Waals surface area contributed by atoms with Crippen LogP contribution in [0.2, 0.25) is 0 Å². The van der Waals surface area contributed by atoms with Gasteiger partial charge in [0.15, 0.2) is 0 Å². The highest BCUT2D eigenvalue weighted by molar-refractivity contribution is 9.10. The van der Waals surface area contributed by atoms with Crippen molar-refractivity contribution in [3.8, 4) is 0 Å². The van der Waals surface area contributed by atoms with Crippen LogP contribution in [-0.4, -0.2) is 13.5 Å². The molecular formula is C13H14BrNO3S2. The lowest BCUT2D eigenvalue weighted by atomic mass is 10.1. The molecule has 1 aromatic heterocycles. The van der Waals surface area contributed by atoms with Crippen molar-refractivity contribution < 1.29 is 13.5 Å². The van der Waals surface area contributed by atoms with Crippen LogP contribution in [0.5, 0.6) is 0 Å². The second kappa shape index (κ2) is 6.36. The van der Waals surface area contributed by atoms with E-state index in [9.17, 15) is 13.5 Å². The molecule has 0 saturated heterocycles. The number of nitrogens with one attached hydrogen (secondary N) is 1. The molecule has 4 nitrogen and oxygen atoms in total. The van der Waals surface area contributed by atoms with Gasteiger partial charge < -0.3 is 5.11 Å². The van der Waals surface area contributed by atoms with Crippen molar-refractivity contribution in [3.05, 3.63) is 50.6 Å².